The summed E-state index contributed by atoms with van der Waals surface area (Å²) in [7, 11) is -3.93. The molecule has 1 unspecified atom stereocenters. The first kappa shape index (κ1) is 20.7. The second-order valence-electron chi connectivity index (χ2n) is 6.35. The van der Waals surface area contributed by atoms with E-state index in [1.165, 1.54) is 25.3 Å². The van der Waals surface area contributed by atoms with Crippen LogP contribution in [-0.4, -0.2) is 26.3 Å². The topological polar surface area (TPSA) is 118 Å². The Kier molecular flexibility index (Phi) is 6.07. The Bertz CT molecular complexity index is 939. The Hall–Kier alpha value is -2.65. The summed E-state index contributed by atoms with van der Waals surface area (Å²) in [6.07, 6.45) is 1.32. The van der Waals surface area contributed by atoms with Crippen LogP contribution in [0, 0.1) is 27.7 Å². The van der Waals surface area contributed by atoms with Gasteiger partial charge in [-0.1, -0.05) is 6.07 Å². The Morgan fingerprint density at radius 2 is 1.63 bits per heavy atom. The molecular formula is C18H23N3O5S. The number of hydrogen-bond donors (Lipinski definition) is 3. The number of sulfonamides is 1. The van der Waals surface area contributed by atoms with Crippen LogP contribution >= 0.6 is 0 Å². The van der Waals surface area contributed by atoms with E-state index in [2.05, 4.69) is 15.6 Å². The van der Waals surface area contributed by atoms with Gasteiger partial charge >= 0.3 is 5.91 Å². The maximum absolute atomic E-state index is 12.8. The van der Waals surface area contributed by atoms with E-state index in [1.807, 2.05) is 19.9 Å². The molecule has 2 rings (SSSR count). The highest BCUT2D eigenvalue weighted by atomic mass is 32.2. The molecule has 0 aliphatic carbocycles. The fourth-order valence-corrected chi connectivity index (χ4v) is 4.44. The third-order valence-electron chi connectivity index (χ3n) is 4.34. The molecule has 9 heteroatoms. The van der Waals surface area contributed by atoms with Crippen LogP contribution < -0.4 is 15.6 Å². The summed E-state index contributed by atoms with van der Waals surface area (Å²) in [5.74, 6) is -1.34. The molecule has 0 bridgehead atoms. The number of carbonyl (C=O) groups is 2. The monoisotopic (exact) mass is 393 g/mol. The van der Waals surface area contributed by atoms with Gasteiger partial charge in [-0.3, -0.25) is 20.4 Å². The molecule has 1 atom stereocenters. The van der Waals surface area contributed by atoms with Gasteiger partial charge in [0.1, 0.15) is 0 Å². The second-order valence-corrected chi connectivity index (χ2v) is 8.00. The van der Waals surface area contributed by atoms with Gasteiger partial charge in [-0.2, -0.15) is 4.72 Å². The standard InChI is InChI=1S/C18H23N3O5S/c1-10-9-11(2)13(4)16(12(10)3)27(24,25)21-14(5)17(22)19-20-18(23)15-7-6-8-26-15/h6-9,14,21H,1-5H3,(H,19,22)(H,20,23). The smallest absolute Gasteiger partial charge is 0.305 e. The van der Waals surface area contributed by atoms with E-state index in [1.54, 1.807) is 13.8 Å². The normalized spacial score (nSPS) is 12.5. The van der Waals surface area contributed by atoms with Gasteiger partial charge in [0.05, 0.1) is 17.2 Å². The highest BCUT2D eigenvalue weighted by molar-refractivity contribution is 7.89. The third kappa shape index (κ3) is 4.55. The number of furan rings is 1. The first-order valence-corrected chi connectivity index (χ1v) is 9.76. The molecule has 0 saturated heterocycles. The number of hydrazine groups is 1. The first-order valence-electron chi connectivity index (χ1n) is 8.28. The molecule has 0 radical (unpaired) electrons. The highest BCUT2D eigenvalue weighted by Crippen LogP contribution is 2.26. The summed E-state index contributed by atoms with van der Waals surface area (Å²) in [5, 5.41) is 0. The van der Waals surface area contributed by atoms with Crippen LogP contribution in [0.1, 0.15) is 39.7 Å². The molecule has 1 heterocycles. The van der Waals surface area contributed by atoms with Gasteiger partial charge in [0.15, 0.2) is 5.76 Å². The van der Waals surface area contributed by atoms with Crippen LogP contribution in [0.4, 0.5) is 0 Å². The van der Waals surface area contributed by atoms with Crippen LogP contribution in [0.15, 0.2) is 33.8 Å². The number of aryl methyl sites for hydroxylation is 2. The number of nitrogens with one attached hydrogen (secondary N) is 3. The van der Waals surface area contributed by atoms with E-state index >= 15 is 0 Å². The maximum atomic E-state index is 12.8. The Labute approximate surface area is 158 Å². The van der Waals surface area contributed by atoms with Crippen LogP contribution in [0.25, 0.3) is 0 Å². The van der Waals surface area contributed by atoms with Gasteiger partial charge in [-0.25, -0.2) is 8.42 Å². The molecule has 1 aromatic carbocycles. The molecule has 1 aromatic heterocycles. The number of rotatable bonds is 5. The molecule has 0 aliphatic rings. The minimum atomic E-state index is -3.93. The van der Waals surface area contributed by atoms with Gasteiger partial charge in [-0.15, -0.1) is 0 Å². The molecule has 0 fully saturated rings. The largest absolute Gasteiger partial charge is 0.459 e. The molecule has 3 N–H and O–H groups in total. The van der Waals surface area contributed by atoms with E-state index in [-0.39, 0.29) is 10.7 Å². The second kappa shape index (κ2) is 7.93. The van der Waals surface area contributed by atoms with Gasteiger partial charge in [0.25, 0.3) is 5.91 Å². The lowest BCUT2D eigenvalue weighted by molar-refractivity contribution is -0.123. The highest BCUT2D eigenvalue weighted by Gasteiger charge is 2.26. The zero-order valence-corrected chi connectivity index (χ0v) is 16.7. The lowest BCUT2D eigenvalue weighted by Crippen LogP contribution is -2.51. The number of carbonyl (C=O) groups excluding carboxylic acids is 2. The van der Waals surface area contributed by atoms with Crippen LogP contribution in [-0.2, 0) is 14.8 Å². The van der Waals surface area contributed by atoms with Gasteiger partial charge < -0.3 is 4.42 Å². The summed E-state index contributed by atoms with van der Waals surface area (Å²) >= 11 is 0. The Balaban J connectivity index is 2.11. The summed E-state index contributed by atoms with van der Waals surface area (Å²) in [5.41, 5.74) is 7.29. The zero-order chi connectivity index (χ0) is 20.4. The SMILES string of the molecule is Cc1cc(C)c(C)c(S(=O)(=O)NC(C)C(=O)NNC(=O)c2ccco2)c1C. The predicted octanol–water partition coefficient (Wildman–Crippen LogP) is 1.64. The minimum Gasteiger partial charge on any atom is -0.459 e. The van der Waals surface area contributed by atoms with Gasteiger partial charge in [-0.05, 0) is 69.0 Å². The average Bonchev–Trinajstić information content (AvgIpc) is 3.11. The molecule has 0 spiro atoms. The third-order valence-corrected chi connectivity index (χ3v) is 6.15. The number of hydrogen-bond acceptors (Lipinski definition) is 5. The van der Waals surface area contributed by atoms with Crippen LogP contribution in [0.5, 0.6) is 0 Å². The molecular weight excluding hydrogens is 370 g/mol. The zero-order valence-electron chi connectivity index (χ0n) is 15.8. The van der Waals surface area contributed by atoms with Crippen molar-refractivity contribution in [3.63, 3.8) is 0 Å². The van der Waals surface area contributed by atoms with Gasteiger partial charge in [0, 0.05) is 0 Å². The summed E-state index contributed by atoms with van der Waals surface area (Å²) in [6, 6.07) is 3.78. The van der Waals surface area contributed by atoms with Crippen LogP contribution in [0.3, 0.4) is 0 Å². The van der Waals surface area contributed by atoms with Gasteiger partial charge in [0.2, 0.25) is 10.0 Å². The van der Waals surface area contributed by atoms with Crippen molar-refractivity contribution < 1.29 is 22.4 Å². The van der Waals surface area contributed by atoms with E-state index in [0.29, 0.717) is 11.1 Å². The van der Waals surface area contributed by atoms with E-state index in [9.17, 15) is 18.0 Å². The molecule has 146 valence electrons. The maximum Gasteiger partial charge on any atom is 0.305 e. The molecule has 2 aromatic rings. The Morgan fingerprint density at radius 3 is 2.15 bits per heavy atom. The van der Waals surface area contributed by atoms with Crippen LogP contribution in [0.2, 0.25) is 0 Å². The molecule has 8 nitrogen and oxygen atoms in total. The van der Waals surface area contributed by atoms with Crippen molar-refractivity contribution in [2.45, 2.75) is 45.6 Å². The molecule has 27 heavy (non-hydrogen) atoms. The lowest BCUT2D eigenvalue weighted by atomic mass is 10.0. The predicted molar refractivity (Wildman–Crippen MR) is 99.5 cm³/mol. The number of amides is 2. The Morgan fingerprint density at radius 1 is 1.04 bits per heavy atom. The first-order chi connectivity index (χ1) is 12.5. The summed E-state index contributed by atoms with van der Waals surface area (Å²) in [4.78, 5) is 24.1. The lowest BCUT2D eigenvalue weighted by Gasteiger charge is -2.19. The molecule has 0 saturated carbocycles. The average molecular weight is 393 g/mol. The van der Waals surface area contributed by atoms with Crippen molar-refractivity contribution in [2.75, 3.05) is 0 Å². The van der Waals surface area contributed by atoms with Crippen molar-refractivity contribution in [1.29, 1.82) is 0 Å². The van der Waals surface area contributed by atoms with Crippen molar-refractivity contribution in [2.24, 2.45) is 0 Å². The van der Waals surface area contributed by atoms with Crippen molar-refractivity contribution in [1.82, 2.24) is 15.6 Å². The number of benzene rings is 1. The fourth-order valence-electron chi connectivity index (χ4n) is 2.62. The van der Waals surface area contributed by atoms with E-state index in [0.717, 1.165) is 11.1 Å². The van der Waals surface area contributed by atoms with Crippen molar-refractivity contribution in [3.8, 4) is 0 Å². The van der Waals surface area contributed by atoms with E-state index < -0.39 is 27.9 Å². The summed E-state index contributed by atoms with van der Waals surface area (Å²) in [6.45, 7) is 8.51. The minimum absolute atomic E-state index is 0.0185. The van der Waals surface area contributed by atoms with E-state index in [4.69, 9.17) is 4.42 Å². The van der Waals surface area contributed by atoms with Crippen molar-refractivity contribution in [3.05, 3.63) is 52.5 Å². The molecule has 2 amide bonds. The fraction of sp³-hybridized carbons (Fsp3) is 0.333. The van der Waals surface area contributed by atoms with Crippen molar-refractivity contribution >= 4 is 21.8 Å². The quantitative estimate of drug-likeness (QED) is 0.668. The summed E-state index contributed by atoms with van der Waals surface area (Å²) < 4.78 is 32.9. The molecule has 0 aliphatic heterocycles.